The maximum Gasteiger partial charge on any atom is 0.311 e. The molecule has 1 heterocycles. The van der Waals surface area contributed by atoms with E-state index in [9.17, 15) is 23.5 Å². The highest BCUT2D eigenvalue weighted by molar-refractivity contribution is 5.84. The van der Waals surface area contributed by atoms with Gasteiger partial charge in [-0.1, -0.05) is 12.1 Å². The van der Waals surface area contributed by atoms with Crippen molar-refractivity contribution in [2.75, 3.05) is 13.1 Å². The Labute approximate surface area is 133 Å². The van der Waals surface area contributed by atoms with Gasteiger partial charge < -0.3 is 10.0 Å². The first kappa shape index (κ1) is 15.9. The largest absolute Gasteiger partial charge is 0.481 e. The Morgan fingerprint density at radius 1 is 1.35 bits per heavy atom. The molecule has 1 aromatic rings. The summed E-state index contributed by atoms with van der Waals surface area (Å²) in [5.41, 5.74) is -0.691. The van der Waals surface area contributed by atoms with Crippen molar-refractivity contribution in [1.82, 2.24) is 4.90 Å². The Morgan fingerprint density at radius 3 is 2.78 bits per heavy atom. The molecule has 6 heteroatoms. The zero-order valence-corrected chi connectivity index (χ0v) is 12.9. The van der Waals surface area contributed by atoms with Crippen LogP contribution in [-0.2, 0) is 9.59 Å². The van der Waals surface area contributed by atoms with Crippen LogP contribution in [0.4, 0.5) is 8.78 Å². The number of piperidine rings is 1. The van der Waals surface area contributed by atoms with E-state index in [-0.39, 0.29) is 29.9 Å². The molecule has 23 heavy (non-hydrogen) atoms. The first-order valence-corrected chi connectivity index (χ1v) is 7.79. The third-order valence-corrected chi connectivity index (χ3v) is 5.01. The minimum absolute atomic E-state index is 0.147. The number of hydrogen-bond acceptors (Lipinski definition) is 2. The van der Waals surface area contributed by atoms with E-state index in [1.807, 2.05) is 0 Å². The maximum absolute atomic E-state index is 13.8. The first-order valence-electron chi connectivity index (χ1n) is 7.79. The maximum atomic E-state index is 13.8. The third kappa shape index (κ3) is 2.82. The summed E-state index contributed by atoms with van der Waals surface area (Å²) in [7, 11) is 0. The average Bonchev–Trinajstić information content (AvgIpc) is 3.29. The fourth-order valence-electron chi connectivity index (χ4n) is 3.46. The van der Waals surface area contributed by atoms with Gasteiger partial charge in [0.05, 0.1) is 5.41 Å². The van der Waals surface area contributed by atoms with Crippen molar-refractivity contribution in [3.8, 4) is 0 Å². The molecule has 3 unspecified atom stereocenters. The first-order chi connectivity index (χ1) is 10.8. The second-order valence-corrected chi connectivity index (χ2v) is 6.82. The zero-order valence-electron chi connectivity index (χ0n) is 12.9. The fraction of sp³-hybridized carbons (Fsp3) is 0.529. The fourth-order valence-corrected chi connectivity index (χ4v) is 3.46. The molecule has 2 fully saturated rings. The van der Waals surface area contributed by atoms with E-state index >= 15 is 0 Å². The summed E-state index contributed by atoms with van der Waals surface area (Å²) in [6.07, 6.45) is 1.67. The van der Waals surface area contributed by atoms with Crippen LogP contribution in [0.1, 0.15) is 37.7 Å². The minimum Gasteiger partial charge on any atom is -0.481 e. The van der Waals surface area contributed by atoms with Gasteiger partial charge in [0.15, 0.2) is 11.6 Å². The molecular formula is C17H19F2NO3. The third-order valence-electron chi connectivity index (χ3n) is 5.01. The molecule has 4 nitrogen and oxygen atoms in total. The van der Waals surface area contributed by atoms with Gasteiger partial charge in [0, 0.05) is 19.0 Å². The normalized spacial score (nSPS) is 30.1. The van der Waals surface area contributed by atoms with Gasteiger partial charge in [0.25, 0.3) is 0 Å². The van der Waals surface area contributed by atoms with E-state index < -0.39 is 23.0 Å². The molecule has 2 aliphatic rings. The summed E-state index contributed by atoms with van der Waals surface area (Å²) in [5.74, 6) is -3.53. The van der Waals surface area contributed by atoms with Crippen LogP contribution in [0.15, 0.2) is 18.2 Å². The molecule has 1 aromatic carbocycles. The Balaban J connectivity index is 1.71. The molecule has 3 atom stereocenters. The van der Waals surface area contributed by atoms with Gasteiger partial charge in [0.2, 0.25) is 5.91 Å². The number of benzene rings is 1. The number of aliphatic carboxylic acids is 1. The van der Waals surface area contributed by atoms with Crippen LogP contribution >= 0.6 is 0 Å². The van der Waals surface area contributed by atoms with E-state index in [1.54, 1.807) is 11.8 Å². The molecule has 0 radical (unpaired) electrons. The molecule has 1 saturated carbocycles. The smallest absolute Gasteiger partial charge is 0.311 e. The lowest BCUT2D eigenvalue weighted by atomic mass is 9.82. The van der Waals surface area contributed by atoms with Crippen molar-refractivity contribution in [1.29, 1.82) is 0 Å². The predicted octanol–water partition coefficient (Wildman–Crippen LogP) is 2.78. The number of likely N-dealkylation sites (tertiary alicyclic amines) is 1. The lowest BCUT2D eigenvalue weighted by Crippen LogP contribution is -2.49. The Morgan fingerprint density at radius 2 is 2.09 bits per heavy atom. The summed E-state index contributed by atoms with van der Waals surface area (Å²) < 4.78 is 27.1. The van der Waals surface area contributed by atoms with Gasteiger partial charge in [-0.25, -0.2) is 8.78 Å². The Kier molecular flexibility index (Phi) is 3.86. The number of nitrogens with zero attached hydrogens (tertiary/aromatic N) is 1. The van der Waals surface area contributed by atoms with Crippen molar-refractivity contribution >= 4 is 11.9 Å². The van der Waals surface area contributed by atoms with Gasteiger partial charge in [-0.15, -0.1) is 0 Å². The molecule has 1 aliphatic carbocycles. The molecule has 0 spiro atoms. The van der Waals surface area contributed by atoms with Gasteiger partial charge in [0.1, 0.15) is 0 Å². The quantitative estimate of drug-likeness (QED) is 0.930. The standard InChI is InChI=1S/C17H19F2NO3/c1-17(16(22)23)6-3-7-20(9-17)15(21)12-8-11(12)10-4-2-5-13(18)14(10)19/h2,4-5,11-12H,3,6-9H2,1H3,(H,22,23). The van der Waals surface area contributed by atoms with Crippen molar-refractivity contribution in [2.45, 2.75) is 32.1 Å². The van der Waals surface area contributed by atoms with Gasteiger partial charge >= 0.3 is 5.97 Å². The van der Waals surface area contributed by atoms with Gasteiger partial charge in [-0.05, 0) is 43.7 Å². The second-order valence-electron chi connectivity index (χ2n) is 6.82. The van der Waals surface area contributed by atoms with Crippen LogP contribution in [0.3, 0.4) is 0 Å². The molecule has 3 rings (SSSR count). The number of amides is 1. The van der Waals surface area contributed by atoms with E-state index in [4.69, 9.17) is 0 Å². The number of rotatable bonds is 3. The van der Waals surface area contributed by atoms with Gasteiger partial charge in [-0.2, -0.15) is 0 Å². The topological polar surface area (TPSA) is 57.6 Å². The van der Waals surface area contributed by atoms with E-state index in [2.05, 4.69) is 0 Å². The molecule has 1 saturated heterocycles. The number of carbonyl (C=O) groups is 2. The molecule has 1 aliphatic heterocycles. The zero-order chi connectivity index (χ0) is 16.8. The SMILES string of the molecule is CC1(C(=O)O)CCCN(C(=O)C2CC2c2cccc(F)c2F)C1. The van der Waals surface area contributed by atoms with Crippen molar-refractivity contribution in [3.63, 3.8) is 0 Å². The van der Waals surface area contributed by atoms with Crippen LogP contribution in [0.2, 0.25) is 0 Å². The van der Waals surface area contributed by atoms with Crippen molar-refractivity contribution in [3.05, 3.63) is 35.4 Å². The Hall–Kier alpha value is -1.98. The summed E-state index contributed by atoms with van der Waals surface area (Å²) >= 11 is 0. The van der Waals surface area contributed by atoms with Crippen LogP contribution < -0.4 is 0 Å². The van der Waals surface area contributed by atoms with Crippen LogP contribution in [0.5, 0.6) is 0 Å². The highest BCUT2D eigenvalue weighted by Gasteiger charge is 2.49. The van der Waals surface area contributed by atoms with Crippen molar-refractivity contribution < 1.29 is 23.5 Å². The molecule has 0 aromatic heterocycles. The lowest BCUT2D eigenvalue weighted by molar-refractivity contribution is -0.153. The summed E-state index contributed by atoms with van der Waals surface area (Å²) in [6.45, 7) is 2.35. The predicted molar refractivity (Wildman–Crippen MR) is 78.8 cm³/mol. The lowest BCUT2D eigenvalue weighted by Gasteiger charge is -2.37. The number of carboxylic acid groups (broad SMARTS) is 1. The van der Waals surface area contributed by atoms with E-state index in [0.29, 0.717) is 25.8 Å². The van der Waals surface area contributed by atoms with Crippen LogP contribution in [-0.4, -0.2) is 35.0 Å². The highest BCUT2D eigenvalue weighted by atomic mass is 19.2. The molecule has 0 bridgehead atoms. The number of halogens is 2. The monoisotopic (exact) mass is 323 g/mol. The number of carboxylic acids is 1. The molecule has 124 valence electrons. The van der Waals surface area contributed by atoms with Crippen LogP contribution in [0.25, 0.3) is 0 Å². The minimum atomic E-state index is -0.928. The molecule has 1 N–H and O–H groups in total. The number of hydrogen-bond donors (Lipinski definition) is 1. The highest BCUT2D eigenvalue weighted by Crippen LogP contribution is 2.50. The van der Waals surface area contributed by atoms with E-state index in [1.165, 1.54) is 12.1 Å². The Bertz CT molecular complexity index is 663. The second kappa shape index (κ2) is 5.58. The number of carbonyl (C=O) groups excluding carboxylic acids is 1. The molecular weight excluding hydrogens is 304 g/mol. The summed E-state index contributed by atoms with van der Waals surface area (Å²) in [5, 5.41) is 9.32. The van der Waals surface area contributed by atoms with Crippen LogP contribution in [0, 0.1) is 23.0 Å². The summed E-state index contributed by atoms with van der Waals surface area (Å²) in [4.78, 5) is 25.5. The molecule has 1 amide bonds. The van der Waals surface area contributed by atoms with Crippen molar-refractivity contribution in [2.24, 2.45) is 11.3 Å². The van der Waals surface area contributed by atoms with E-state index in [0.717, 1.165) is 6.07 Å². The summed E-state index contributed by atoms with van der Waals surface area (Å²) in [6, 6.07) is 4.00. The average molecular weight is 323 g/mol. The van der Waals surface area contributed by atoms with Gasteiger partial charge in [-0.3, -0.25) is 9.59 Å².